The molecule has 0 bridgehead atoms. The van der Waals surface area contributed by atoms with E-state index in [4.69, 9.17) is 4.74 Å². The molecular formula is C19H26N4O2. The molecule has 0 spiro atoms. The molecule has 0 aliphatic heterocycles. The van der Waals surface area contributed by atoms with E-state index >= 15 is 0 Å². The van der Waals surface area contributed by atoms with E-state index in [1.54, 1.807) is 4.52 Å². The van der Waals surface area contributed by atoms with Crippen LogP contribution in [-0.2, 0) is 6.42 Å². The van der Waals surface area contributed by atoms with Gasteiger partial charge in [-0.2, -0.15) is 0 Å². The number of rotatable bonds is 5. The molecule has 0 radical (unpaired) electrons. The first-order valence-corrected chi connectivity index (χ1v) is 8.86. The van der Waals surface area contributed by atoms with Gasteiger partial charge in [-0.3, -0.25) is 4.79 Å². The van der Waals surface area contributed by atoms with Crippen LogP contribution in [0.2, 0.25) is 0 Å². The number of benzene rings is 1. The Morgan fingerprint density at radius 3 is 2.60 bits per heavy atom. The molecule has 2 aromatic heterocycles. The van der Waals surface area contributed by atoms with Crippen molar-refractivity contribution in [3.8, 4) is 17.1 Å². The lowest BCUT2D eigenvalue weighted by atomic mass is 10.2. The van der Waals surface area contributed by atoms with E-state index in [0.29, 0.717) is 29.4 Å². The van der Waals surface area contributed by atoms with Gasteiger partial charge in [-0.1, -0.05) is 32.9 Å². The summed E-state index contributed by atoms with van der Waals surface area (Å²) in [5, 5.41) is 4.61. The van der Waals surface area contributed by atoms with Gasteiger partial charge < -0.3 is 9.72 Å². The number of hydrogen-bond donors (Lipinski definition) is 1. The summed E-state index contributed by atoms with van der Waals surface area (Å²) in [6, 6.07) is 7.55. The van der Waals surface area contributed by atoms with Crippen molar-refractivity contribution in [2.45, 2.75) is 47.5 Å². The van der Waals surface area contributed by atoms with Gasteiger partial charge in [-0.25, -0.2) is 9.50 Å². The van der Waals surface area contributed by atoms with Crippen LogP contribution in [0.5, 0.6) is 5.75 Å². The number of ether oxygens (including phenoxy) is 1. The minimum absolute atomic E-state index is 0.186. The van der Waals surface area contributed by atoms with Crippen LogP contribution in [0.3, 0.4) is 0 Å². The average molecular weight is 342 g/mol. The zero-order valence-electron chi connectivity index (χ0n) is 15.6. The third kappa shape index (κ3) is 3.73. The van der Waals surface area contributed by atoms with E-state index in [0.717, 1.165) is 24.2 Å². The molecule has 134 valence electrons. The Bertz CT molecular complexity index is 896. The second-order valence-corrected chi connectivity index (χ2v) is 5.36. The number of fused-ring (bicyclic) bond motifs is 1. The summed E-state index contributed by atoms with van der Waals surface area (Å²) in [7, 11) is 0. The van der Waals surface area contributed by atoms with Crippen molar-refractivity contribution in [1.82, 2.24) is 19.6 Å². The Kier molecular flexibility index (Phi) is 6.33. The maximum atomic E-state index is 12.5. The lowest BCUT2D eigenvalue weighted by Crippen LogP contribution is -2.15. The van der Waals surface area contributed by atoms with E-state index in [1.807, 2.05) is 52.0 Å². The van der Waals surface area contributed by atoms with Crippen molar-refractivity contribution in [3.63, 3.8) is 0 Å². The largest absolute Gasteiger partial charge is 0.493 e. The first kappa shape index (κ1) is 18.7. The molecule has 0 fully saturated rings. The first-order chi connectivity index (χ1) is 12.2. The molecule has 25 heavy (non-hydrogen) atoms. The summed E-state index contributed by atoms with van der Waals surface area (Å²) in [6.45, 7) is 10.4. The molecule has 0 unspecified atom stereocenters. The topological polar surface area (TPSA) is 72.3 Å². The molecule has 0 atom stereocenters. The predicted molar refractivity (Wildman–Crippen MR) is 100 cm³/mol. The van der Waals surface area contributed by atoms with Crippen LogP contribution >= 0.6 is 0 Å². The Morgan fingerprint density at radius 1 is 1.20 bits per heavy atom. The monoisotopic (exact) mass is 342 g/mol. The quantitative estimate of drug-likeness (QED) is 0.766. The fourth-order valence-corrected chi connectivity index (χ4v) is 2.69. The number of nitrogens with zero attached hydrogens (tertiary/aromatic N) is 3. The zero-order chi connectivity index (χ0) is 18.4. The van der Waals surface area contributed by atoms with Crippen LogP contribution in [0.1, 0.15) is 45.6 Å². The third-order valence-corrected chi connectivity index (χ3v) is 3.66. The predicted octanol–water partition coefficient (Wildman–Crippen LogP) is 3.77. The SMILES string of the molecule is CC.CCCc1nc(C)c2c(=O)[nH]c(-c3ccccc3OCC)nn12. The van der Waals surface area contributed by atoms with E-state index in [9.17, 15) is 4.79 Å². The molecule has 6 heteroatoms. The average Bonchev–Trinajstić information content (AvgIpc) is 2.94. The summed E-state index contributed by atoms with van der Waals surface area (Å²) < 4.78 is 7.30. The summed E-state index contributed by atoms with van der Waals surface area (Å²) in [4.78, 5) is 19.8. The van der Waals surface area contributed by atoms with Gasteiger partial charge in [0, 0.05) is 6.42 Å². The first-order valence-electron chi connectivity index (χ1n) is 8.86. The Morgan fingerprint density at radius 2 is 1.92 bits per heavy atom. The standard InChI is InChI=1S/C17H20N4O2.C2H6/c1-4-8-14-18-11(3)15-17(22)19-16(20-21(14)15)12-9-6-7-10-13(12)23-5-2;1-2/h6-7,9-10H,4-5,8H2,1-3H3,(H,19,20,22);1-2H3. The summed E-state index contributed by atoms with van der Waals surface area (Å²) in [6.07, 6.45) is 1.72. The van der Waals surface area contributed by atoms with Gasteiger partial charge in [0.2, 0.25) is 0 Å². The molecule has 1 N–H and O–H groups in total. The Labute approximate surface area is 147 Å². The van der Waals surface area contributed by atoms with Crippen LogP contribution in [0.25, 0.3) is 16.9 Å². The van der Waals surface area contributed by atoms with Gasteiger partial charge in [0.15, 0.2) is 11.3 Å². The molecule has 2 heterocycles. The summed E-state index contributed by atoms with van der Waals surface area (Å²) >= 11 is 0. The molecular weight excluding hydrogens is 316 g/mol. The lowest BCUT2D eigenvalue weighted by molar-refractivity contribution is 0.341. The number of imidazole rings is 1. The van der Waals surface area contributed by atoms with E-state index < -0.39 is 0 Å². The molecule has 3 rings (SSSR count). The second-order valence-electron chi connectivity index (χ2n) is 5.36. The second kappa shape index (κ2) is 8.46. The lowest BCUT2D eigenvalue weighted by Gasteiger charge is -2.09. The molecule has 0 saturated carbocycles. The summed E-state index contributed by atoms with van der Waals surface area (Å²) in [5.41, 5.74) is 1.79. The maximum absolute atomic E-state index is 12.5. The van der Waals surface area contributed by atoms with E-state index in [2.05, 4.69) is 22.0 Å². The van der Waals surface area contributed by atoms with Crippen molar-refractivity contribution in [2.75, 3.05) is 6.61 Å². The van der Waals surface area contributed by atoms with Gasteiger partial charge in [-0.15, -0.1) is 5.10 Å². The number of aryl methyl sites for hydroxylation is 2. The van der Waals surface area contributed by atoms with Crippen LogP contribution in [0.4, 0.5) is 0 Å². The maximum Gasteiger partial charge on any atom is 0.277 e. The van der Waals surface area contributed by atoms with Crippen LogP contribution in [0.15, 0.2) is 29.1 Å². The highest BCUT2D eigenvalue weighted by molar-refractivity contribution is 5.64. The van der Waals surface area contributed by atoms with Gasteiger partial charge in [0.1, 0.15) is 11.6 Å². The molecule has 1 aromatic carbocycles. The number of aromatic amines is 1. The van der Waals surface area contributed by atoms with Crippen molar-refractivity contribution >= 4 is 5.52 Å². The van der Waals surface area contributed by atoms with Crippen molar-refractivity contribution in [1.29, 1.82) is 0 Å². The van der Waals surface area contributed by atoms with Crippen molar-refractivity contribution < 1.29 is 4.74 Å². The molecule has 0 saturated heterocycles. The highest BCUT2D eigenvalue weighted by Gasteiger charge is 2.16. The fraction of sp³-hybridized carbons (Fsp3) is 0.421. The fourth-order valence-electron chi connectivity index (χ4n) is 2.69. The van der Waals surface area contributed by atoms with Crippen LogP contribution < -0.4 is 10.3 Å². The Balaban J connectivity index is 0.00000109. The normalized spacial score (nSPS) is 10.4. The van der Waals surface area contributed by atoms with Gasteiger partial charge in [0.25, 0.3) is 5.56 Å². The van der Waals surface area contributed by atoms with Gasteiger partial charge in [-0.05, 0) is 32.4 Å². The number of H-pyrrole nitrogens is 1. The van der Waals surface area contributed by atoms with E-state index in [-0.39, 0.29) is 5.56 Å². The minimum Gasteiger partial charge on any atom is -0.493 e. The molecule has 0 amide bonds. The number of aromatic nitrogens is 4. The smallest absolute Gasteiger partial charge is 0.277 e. The number of nitrogens with one attached hydrogen (secondary N) is 1. The van der Waals surface area contributed by atoms with E-state index in [1.165, 1.54) is 0 Å². The molecule has 3 aromatic rings. The van der Waals surface area contributed by atoms with Crippen molar-refractivity contribution in [3.05, 3.63) is 46.1 Å². The van der Waals surface area contributed by atoms with Gasteiger partial charge >= 0.3 is 0 Å². The minimum atomic E-state index is -0.186. The van der Waals surface area contributed by atoms with Crippen LogP contribution in [-0.4, -0.2) is 26.2 Å². The summed E-state index contributed by atoms with van der Waals surface area (Å²) in [5.74, 6) is 1.99. The highest BCUT2D eigenvalue weighted by Crippen LogP contribution is 2.26. The third-order valence-electron chi connectivity index (χ3n) is 3.66. The van der Waals surface area contributed by atoms with Crippen LogP contribution in [0, 0.1) is 6.92 Å². The Hall–Kier alpha value is -2.63. The highest BCUT2D eigenvalue weighted by atomic mass is 16.5. The molecule has 6 nitrogen and oxygen atoms in total. The number of para-hydroxylation sites is 1. The number of hydrogen-bond acceptors (Lipinski definition) is 4. The molecule has 0 aliphatic carbocycles. The van der Waals surface area contributed by atoms with Crippen molar-refractivity contribution in [2.24, 2.45) is 0 Å². The zero-order valence-corrected chi connectivity index (χ0v) is 15.6. The molecule has 0 aliphatic rings. The van der Waals surface area contributed by atoms with Gasteiger partial charge in [0.05, 0.1) is 17.9 Å².